The number of carboxylic acid groups (broad SMARTS) is 1. The summed E-state index contributed by atoms with van der Waals surface area (Å²) >= 11 is 3.52. The maximum absolute atomic E-state index is 10.9. The van der Waals surface area contributed by atoms with Gasteiger partial charge in [-0.15, -0.1) is 0 Å². The van der Waals surface area contributed by atoms with Gasteiger partial charge in [-0.3, -0.25) is 9.69 Å². The van der Waals surface area contributed by atoms with Crippen LogP contribution in [0.2, 0.25) is 0 Å². The standard InChI is InChI=1S/C12H14BrNO2/c1-8(12(15)16)14-6-5-9-3-2-4-11(13)10(9)7-14/h2-4,8H,5-7H2,1H3,(H,15,16). The number of rotatable bonds is 2. The molecule has 0 saturated heterocycles. The molecule has 0 spiro atoms. The van der Waals surface area contributed by atoms with E-state index in [-0.39, 0.29) is 0 Å². The van der Waals surface area contributed by atoms with Crippen molar-refractivity contribution in [2.45, 2.75) is 25.9 Å². The minimum absolute atomic E-state index is 0.416. The zero-order chi connectivity index (χ0) is 11.7. The van der Waals surface area contributed by atoms with E-state index in [1.54, 1.807) is 6.92 Å². The number of fused-ring (bicyclic) bond motifs is 1. The lowest BCUT2D eigenvalue weighted by Crippen LogP contribution is -2.42. The van der Waals surface area contributed by atoms with Crippen molar-refractivity contribution in [1.82, 2.24) is 4.90 Å². The van der Waals surface area contributed by atoms with Gasteiger partial charge in [0.05, 0.1) is 0 Å². The maximum atomic E-state index is 10.9. The summed E-state index contributed by atoms with van der Waals surface area (Å²) in [5.74, 6) is -0.754. The molecule has 4 heteroatoms. The van der Waals surface area contributed by atoms with Crippen LogP contribution in [0.4, 0.5) is 0 Å². The lowest BCUT2D eigenvalue weighted by atomic mass is 9.99. The quantitative estimate of drug-likeness (QED) is 0.905. The Balaban J connectivity index is 2.23. The average Bonchev–Trinajstić information content (AvgIpc) is 2.28. The van der Waals surface area contributed by atoms with Crippen molar-refractivity contribution in [2.75, 3.05) is 6.54 Å². The third-order valence-electron chi connectivity index (χ3n) is 3.15. The summed E-state index contributed by atoms with van der Waals surface area (Å²) < 4.78 is 1.08. The topological polar surface area (TPSA) is 40.5 Å². The van der Waals surface area contributed by atoms with E-state index in [9.17, 15) is 4.79 Å². The number of aliphatic carboxylic acids is 1. The Labute approximate surface area is 103 Å². The van der Waals surface area contributed by atoms with Crippen molar-refractivity contribution in [1.29, 1.82) is 0 Å². The van der Waals surface area contributed by atoms with Crippen LogP contribution in [0.25, 0.3) is 0 Å². The molecule has 1 heterocycles. The Kier molecular flexibility index (Phi) is 3.30. The van der Waals surface area contributed by atoms with Crippen LogP contribution >= 0.6 is 15.9 Å². The molecule has 86 valence electrons. The number of hydrogen-bond acceptors (Lipinski definition) is 2. The van der Waals surface area contributed by atoms with Gasteiger partial charge >= 0.3 is 5.97 Å². The lowest BCUT2D eigenvalue weighted by Gasteiger charge is -2.32. The number of nitrogens with zero attached hydrogens (tertiary/aromatic N) is 1. The highest BCUT2D eigenvalue weighted by atomic mass is 79.9. The maximum Gasteiger partial charge on any atom is 0.320 e. The molecule has 1 atom stereocenters. The van der Waals surface area contributed by atoms with E-state index in [0.717, 1.165) is 17.4 Å². The minimum atomic E-state index is -0.754. The minimum Gasteiger partial charge on any atom is -0.480 e. The summed E-state index contributed by atoms with van der Waals surface area (Å²) in [7, 11) is 0. The third kappa shape index (κ3) is 2.13. The molecule has 1 unspecified atom stereocenters. The number of hydrogen-bond donors (Lipinski definition) is 1. The van der Waals surface area contributed by atoms with E-state index in [4.69, 9.17) is 5.11 Å². The molecule has 1 aromatic carbocycles. The van der Waals surface area contributed by atoms with Crippen molar-refractivity contribution in [3.8, 4) is 0 Å². The molecular weight excluding hydrogens is 270 g/mol. The summed E-state index contributed by atoms with van der Waals surface area (Å²) in [6, 6.07) is 5.73. The van der Waals surface area contributed by atoms with Crippen LogP contribution in [0, 0.1) is 0 Å². The molecule has 0 bridgehead atoms. The van der Waals surface area contributed by atoms with Gasteiger partial charge in [-0.2, -0.15) is 0 Å². The second-order valence-electron chi connectivity index (χ2n) is 4.11. The Morgan fingerprint density at radius 2 is 2.31 bits per heavy atom. The molecule has 0 saturated carbocycles. The first kappa shape index (κ1) is 11.6. The van der Waals surface area contributed by atoms with Gasteiger partial charge < -0.3 is 5.11 Å². The fourth-order valence-corrected chi connectivity index (χ4v) is 2.58. The lowest BCUT2D eigenvalue weighted by molar-refractivity contribution is -0.143. The second kappa shape index (κ2) is 4.55. The van der Waals surface area contributed by atoms with Gasteiger partial charge in [-0.25, -0.2) is 0 Å². The van der Waals surface area contributed by atoms with Gasteiger partial charge in [0.25, 0.3) is 0 Å². The van der Waals surface area contributed by atoms with Gasteiger partial charge in [0.2, 0.25) is 0 Å². The van der Waals surface area contributed by atoms with E-state index >= 15 is 0 Å². The predicted octanol–water partition coefficient (Wildman–Crippen LogP) is 2.28. The summed E-state index contributed by atoms with van der Waals surface area (Å²) in [6.45, 7) is 3.27. The van der Waals surface area contributed by atoms with Crippen LogP contribution in [0.15, 0.2) is 22.7 Å². The van der Waals surface area contributed by atoms with Crippen LogP contribution in [0.3, 0.4) is 0 Å². The molecule has 2 rings (SSSR count). The molecule has 0 amide bonds. The van der Waals surface area contributed by atoms with Crippen molar-refractivity contribution >= 4 is 21.9 Å². The summed E-state index contributed by atoms with van der Waals surface area (Å²) in [4.78, 5) is 12.9. The molecule has 0 fully saturated rings. The molecule has 1 aliphatic rings. The number of halogens is 1. The molecule has 1 N–H and O–H groups in total. The fraction of sp³-hybridized carbons (Fsp3) is 0.417. The van der Waals surface area contributed by atoms with E-state index in [0.29, 0.717) is 6.54 Å². The van der Waals surface area contributed by atoms with Gasteiger partial charge in [-0.1, -0.05) is 28.1 Å². The summed E-state index contributed by atoms with van der Waals surface area (Å²) in [5.41, 5.74) is 2.55. The normalized spacial score (nSPS) is 17.9. The molecule has 0 radical (unpaired) electrons. The SMILES string of the molecule is CC(C(=O)O)N1CCc2cccc(Br)c2C1. The van der Waals surface area contributed by atoms with Crippen LogP contribution in [-0.2, 0) is 17.8 Å². The fourth-order valence-electron chi connectivity index (χ4n) is 2.05. The van der Waals surface area contributed by atoms with Crippen molar-refractivity contribution in [3.63, 3.8) is 0 Å². The molecule has 0 aliphatic carbocycles. The first-order valence-electron chi connectivity index (χ1n) is 5.32. The van der Waals surface area contributed by atoms with Gasteiger partial charge in [0.1, 0.15) is 6.04 Å². The first-order valence-corrected chi connectivity index (χ1v) is 6.12. The van der Waals surface area contributed by atoms with E-state index in [1.165, 1.54) is 11.1 Å². The van der Waals surface area contributed by atoms with Gasteiger partial charge in [0.15, 0.2) is 0 Å². The highest BCUT2D eigenvalue weighted by molar-refractivity contribution is 9.10. The highest BCUT2D eigenvalue weighted by Gasteiger charge is 2.25. The zero-order valence-corrected chi connectivity index (χ0v) is 10.7. The van der Waals surface area contributed by atoms with Crippen LogP contribution < -0.4 is 0 Å². The predicted molar refractivity (Wildman–Crippen MR) is 65.4 cm³/mol. The van der Waals surface area contributed by atoms with Crippen LogP contribution in [0.5, 0.6) is 0 Å². The Morgan fingerprint density at radius 3 is 3.00 bits per heavy atom. The van der Waals surface area contributed by atoms with E-state index in [2.05, 4.69) is 22.0 Å². The summed E-state index contributed by atoms with van der Waals surface area (Å²) in [6.07, 6.45) is 0.923. The van der Waals surface area contributed by atoms with E-state index < -0.39 is 12.0 Å². The number of carbonyl (C=O) groups is 1. The van der Waals surface area contributed by atoms with Gasteiger partial charge in [0, 0.05) is 17.6 Å². The molecular formula is C12H14BrNO2. The monoisotopic (exact) mass is 283 g/mol. The summed E-state index contributed by atoms with van der Waals surface area (Å²) in [5, 5.41) is 9.00. The van der Waals surface area contributed by atoms with Crippen molar-refractivity contribution in [2.24, 2.45) is 0 Å². The van der Waals surface area contributed by atoms with Crippen LogP contribution in [0.1, 0.15) is 18.1 Å². The number of benzene rings is 1. The first-order chi connectivity index (χ1) is 7.59. The Bertz CT molecular complexity index is 419. The number of carboxylic acids is 1. The third-order valence-corrected chi connectivity index (χ3v) is 3.89. The molecule has 1 aliphatic heterocycles. The van der Waals surface area contributed by atoms with Crippen molar-refractivity contribution in [3.05, 3.63) is 33.8 Å². The van der Waals surface area contributed by atoms with E-state index in [1.807, 2.05) is 17.0 Å². The molecule has 0 aromatic heterocycles. The molecule has 16 heavy (non-hydrogen) atoms. The molecule has 3 nitrogen and oxygen atoms in total. The largest absolute Gasteiger partial charge is 0.480 e. The highest BCUT2D eigenvalue weighted by Crippen LogP contribution is 2.27. The molecule has 1 aromatic rings. The van der Waals surface area contributed by atoms with Crippen molar-refractivity contribution < 1.29 is 9.90 Å². The second-order valence-corrected chi connectivity index (χ2v) is 4.97. The Morgan fingerprint density at radius 1 is 1.56 bits per heavy atom. The van der Waals surface area contributed by atoms with Crippen LogP contribution in [-0.4, -0.2) is 28.6 Å². The Hall–Kier alpha value is -0.870. The van der Waals surface area contributed by atoms with Gasteiger partial charge in [-0.05, 0) is 30.5 Å². The smallest absolute Gasteiger partial charge is 0.320 e. The zero-order valence-electron chi connectivity index (χ0n) is 9.11. The average molecular weight is 284 g/mol.